The molecule has 2 aliphatic rings. The first kappa shape index (κ1) is 14.8. The molecule has 2 heterocycles. The van der Waals surface area contributed by atoms with Crippen LogP contribution in [-0.2, 0) is 9.53 Å². The van der Waals surface area contributed by atoms with Crippen LogP contribution in [0.4, 0.5) is 0 Å². The second-order valence-electron chi connectivity index (χ2n) is 5.97. The molecule has 2 aliphatic heterocycles. The topological polar surface area (TPSA) is 53.0 Å². The molecule has 0 aromatic rings. The van der Waals surface area contributed by atoms with E-state index in [0.717, 1.165) is 39.0 Å². The molecule has 0 aromatic heterocycles. The van der Waals surface area contributed by atoms with Crippen LogP contribution in [0, 0.1) is 0 Å². The number of piperazine rings is 1. The first-order chi connectivity index (χ1) is 8.97. The van der Waals surface area contributed by atoms with Crippen molar-refractivity contribution in [3.8, 4) is 0 Å². The molecule has 0 saturated carbocycles. The van der Waals surface area contributed by atoms with E-state index < -0.39 is 5.97 Å². The Morgan fingerprint density at radius 3 is 2.16 bits per heavy atom. The quantitative estimate of drug-likeness (QED) is 0.830. The number of hydrogen-bond acceptors (Lipinski definition) is 4. The van der Waals surface area contributed by atoms with Gasteiger partial charge in [-0.2, -0.15) is 0 Å². The van der Waals surface area contributed by atoms with Gasteiger partial charge in [-0.25, -0.2) is 0 Å². The molecular formula is C14H26N2O3. The summed E-state index contributed by atoms with van der Waals surface area (Å²) in [5.74, 6) is -0.721. The van der Waals surface area contributed by atoms with Crippen LogP contribution in [0.2, 0.25) is 0 Å². The van der Waals surface area contributed by atoms with Gasteiger partial charge < -0.3 is 9.84 Å². The summed E-state index contributed by atoms with van der Waals surface area (Å²) in [4.78, 5) is 15.6. The van der Waals surface area contributed by atoms with E-state index in [-0.39, 0.29) is 6.04 Å². The van der Waals surface area contributed by atoms with Crippen LogP contribution < -0.4 is 0 Å². The number of ether oxygens (including phenoxy) is 1. The van der Waals surface area contributed by atoms with Crippen molar-refractivity contribution in [1.82, 2.24) is 9.80 Å². The molecule has 5 heteroatoms. The van der Waals surface area contributed by atoms with Gasteiger partial charge in [0.15, 0.2) is 0 Å². The number of carboxylic acids is 1. The summed E-state index contributed by atoms with van der Waals surface area (Å²) < 4.78 is 5.78. The zero-order valence-corrected chi connectivity index (χ0v) is 12.2. The lowest BCUT2D eigenvalue weighted by molar-refractivity contribution is -0.143. The van der Waals surface area contributed by atoms with Gasteiger partial charge in [0.2, 0.25) is 0 Å². The molecule has 1 N–H and O–H groups in total. The zero-order valence-electron chi connectivity index (χ0n) is 12.2. The maximum atomic E-state index is 11.0. The van der Waals surface area contributed by atoms with Gasteiger partial charge >= 0.3 is 5.97 Å². The van der Waals surface area contributed by atoms with Crippen LogP contribution in [0.3, 0.4) is 0 Å². The van der Waals surface area contributed by atoms with E-state index >= 15 is 0 Å². The van der Waals surface area contributed by atoms with Crippen LogP contribution >= 0.6 is 0 Å². The lowest BCUT2D eigenvalue weighted by atomic mass is 9.97. The van der Waals surface area contributed by atoms with Crippen molar-refractivity contribution in [2.24, 2.45) is 0 Å². The summed E-state index contributed by atoms with van der Waals surface area (Å²) in [5.41, 5.74) is 0. The van der Waals surface area contributed by atoms with Gasteiger partial charge in [-0.05, 0) is 33.6 Å². The van der Waals surface area contributed by atoms with E-state index in [4.69, 9.17) is 9.84 Å². The van der Waals surface area contributed by atoms with E-state index in [2.05, 4.69) is 23.6 Å². The van der Waals surface area contributed by atoms with E-state index in [1.807, 2.05) is 0 Å². The Morgan fingerprint density at radius 2 is 1.68 bits per heavy atom. The highest BCUT2D eigenvalue weighted by molar-refractivity contribution is 5.72. The zero-order chi connectivity index (χ0) is 14.0. The lowest BCUT2D eigenvalue weighted by Crippen LogP contribution is -2.56. The maximum Gasteiger partial charge on any atom is 0.320 e. The lowest BCUT2D eigenvalue weighted by Gasteiger charge is -2.44. The molecule has 0 spiro atoms. The van der Waals surface area contributed by atoms with Gasteiger partial charge in [-0.1, -0.05) is 0 Å². The fraction of sp³-hybridized carbons (Fsp3) is 0.929. The molecule has 5 nitrogen and oxygen atoms in total. The number of nitrogens with zero attached hydrogens (tertiary/aromatic N) is 2. The second-order valence-corrected chi connectivity index (χ2v) is 5.97. The summed E-state index contributed by atoms with van der Waals surface area (Å²) in [6.07, 6.45) is 2.87. The van der Waals surface area contributed by atoms with Gasteiger partial charge in [0, 0.05) is 32.2 Å². The van der Waals surface area contributed by atoms with Crippen LogP contribution in [-0.4, -0.2) is 71.3 Å². The highest BCUT2D eigenvalue weighted by Gasteiger charge is 2.32. The second kappa shape index (κ2) is 6.20. The number of rotatable bonds is 3. The first-order valence-corrected chi connectivity index (χ1v) is 7.33. The Hall–Kier alpha value is -0.650. The highest BCUT2D eigenvalue weighted by atomic mass is 16.5. The third kappa shape index (κ3) is 3.68. The van der Waals surface area contributed by atoms with E-state index in [9.17, 15) is 4.79 Å². The molecule has 3 atom stereocenters. The summed E-state index contributed by atoms with van der Waals surface area (Å²) in [6, 6.07) is 0.232. The predicted molar refractivity (Wildman–Crippen MR) is 73.3 cm³/mol. The maximum absolute atomic E-state index is 11.0. The molecule has 19 heavy (non-hydrogen) atoms. The minimum Gasteiger partial charge on any atom is -0.480 e. The van der Waals surface area contributed by atoms with Crippen molar-refractivity contribution < 1.29 is 14.6 Å². The minimum absolute atomic E-state index is 0.338. The Morgan fingerprint density at radius 1 is 1.16 bits per heavy atom. The Balaban J connectivity index is 1.84. The predicted octanol–water partition coefficient (Wildman–Crippen LogP) is 1.03. The SMILES string of the molecule is CC1CC(N2CCN(C(C)C(=O)O)CC2)CC(C)O1. The van der Waals surface area contributed by atoms with Crippen molar-refractivity contribution in [2.45, 2.75) is 57.9 Å². The van der Waals surface area contributed by atoms with Crippen molar-refractivity contribution >= 4 is 5.97 Å². The summed E-state index contributed by atoms with van der Waals surface area (Å²) >= 11 is 0. The molecule has 2 rings (SSSR count). The molecule has 3 unspecified atom stereocenters. The number of carbonyl (C=O) groups is 1. The number of carboxylic acid groups (broad SMARTS) is 1. The summed E-state index contributed by atoms with van der Waals surface area (Å²) in [7, 11) is 0. The van der Waals surface area contributed by atoms with Gasteiger partial charge in [0.05, 0.1) is 12.2 Å². The molecule has 2 saturated heterocycles. The largest absolute Gasteiger partial charge is 0.480 e. The van der Waals surface area contributed by atoms with Gasteiger partial charge in [0.25, 0.3) is 0 Å². The number of aliphatic carboxylic acids is 1. The average molecular weight is 270 g/mol. The van der Waals surface area contributed by atoms with Crippen molar-refractivity contribution in [3.63, 3.8) is 0 Å². The van der Waals surface area contributed by atoms with E-state index in [0.29, 0.717) is 18.2 Å². The Kier molecular flexibility index (Phi) is 4.81. The fourth-order valence-electron chi connectivity index (χ4n) is 3.31. The molecule has 0 aromatic carbocycles. The molecule has 2 fully saturated rings. The van der Waals surface area contributed by atoms with Crippen molar-refractivity contribution in [3.05, 3.63) is 0 Å². The van der Waals surface area contributed by atoms with Crippen LogP contribution in [0.1, 0.15) is 33.6 Å². The van der Waals surface area contributed by atoms with Crippen LogP contribution in [0.5, 0.6) is 0 Å². The molecule has 0 amide bonds. The minimum atomic E-state index is -0.721. The van der Waals surface area contributed by atoms with Crippen LogP contribution in [0.25, 0.3) is 0 Å². The molecule has 0 bridgehead atoms. The molecule has 110 valence electrons. The van der Waals surface area contributed by atoms with E-state index in [1.165, 1.54) is 0 Å². The molecule has 0 radical (unpaired) electrons. The van der Waals surface area contributed by atoms with Gasteiger partial charge in [-0.3, -0.25) is 14.6 Å². The Bertz CT molecular complexity index is 306. The monoisotopic (exact) mass is 270 g/mol. The first-order valence-electron chi connectivity index (χ1n) is 7.33. The fourth-order valence-corrected chi connectivity index (χ4v) is 3.31. The summed E-state index contributed by atoms with van der Waals surface area (Å²) in [6.45, 7) is 9.72. The molecular weight excluding hydrogens is 244 g/mol. The molecule has 0 aliphatic carbocycles. The van der Waals surface area contributed by atoms with E-state index in [1.54, 1.807) is 6.92 Å². The standard InChI is InChI=1S/C14H26N2O3/c1-10-8-13(9-11(2)19-10)16-6-4-15(5-7-16)12(3)14(17)18/h10-13H,4-9H2,1-3H3,(H,17,18). The third-order valence-corrected chi connectivity index (χ3v) is 4.44. The van der Waals surface area contributed by atoms with Crippen molar-refractivity contribution in [2.75, 3.05) is 26.2 Å². The third-order valence-electron chi connectivity index (χ3n) is 4.44. The Labute approximate surface area is 115 Å². The average Bonchev–Trinajstić information content (AvgIpc) is 2.37. The number of hydrogen-bond donors (Lipinski definition) is 1. The van der Waals surface area contributed by atoms with Gasteiger partial charge in [0.1, 0.15) is 6.04 Å². The van der Waals surface area contributed by atoms with Gasteiger partial charge in [-0.15, -0.1) is 0 Å². The van der Waals surface area contributed by atoms with Crippen molar-refractivity contribution in [1.29, 1.82) is 0 Å². The highest BCUT2D eigenvalue weighted by Crippen LogP contribution is 2.24. The summed E-state index contributed by atoms with van der Waals surface area (Å²) in [5, 5.41) is 9.05. The van der Waals surface area contributed by atoms with Crippen LogP contribution in [0.15, 0.2) is 0 Å². The smallest absolute Gasteiger partial charge is 0.320 e. The normalized spacial score (nSPS) is 36.1.